The molecule has 0 aromatic heterocycles. The van der Waals surface area contributed by atoms with Crippen LogP contribution in [-0.4, -0.2) is 12.2 Å². The van der Waals surface area contributed by atoms with Gasteiger partial charge in [-0.2, -0.15) is 0 Å². The van der Waals surface area contributed by atoms with Crippen molar-refractivity contribution in [3.63, 3.8) is 0 Å². The Hall–Kier alpha value is -0.280. The maximum Gasteiger partial charge on any atom is 0.0846 e. The quantitative estimate of drug-likeness (QED) is 0.886. The Morgan fingerprint density at radius 2 is 2.12 bits per heavy atom. The summed E-state index contributed by atoms with van der Waals surface area (Å²) in [7, 11) is 0. The van der Waals surface area contributed by atoms with Gasteiger partial charge < -0.3 is 10.5 Å². The third kappa shape index (κ3) is 2.60. The first-order valence-corrected chi connectivity index (χ1v) is 6.63. The second kappa shape index (κ2) is 5.15. The molecule has 1 aliphatic rings. The molecule has 94 valence electrons. The third-order valence-corrected chi connectivity index (χ3v) is 4.31. The Kier molecular flexibility index (Phi) is 3.99. The zero-order valence-electron chi connectivity index (χ0n) is 9.88. The summed E-state index contributed by atoms with van der Waals surface area (Å²) in [6, 6.07) is 5.32. The predicted molar refractivity (Wildman–Crippen MR) is 71.6 cm³/mol. The van der Waals surface area contributed by atoms with Crippen molar-refractivity contribution < 1.29 is 4.74 Å². The van der Waals surface area contributed by atoms with Crippen molar-refractivity contribution in [2.75, 3.05) is 6.61 Å². The fraction of sp³-hybridized carbons (Fsp3) is 0.538. The average molecular weight is 274 g/mol. The van der Waals surface area contributed by atoms with E-state index in [1.807, 2.05) is 19.1 Å². The minimum absolute atomic E-state index is 0.242. The number of benzene rings is 1. The monoisotopic (exact) mass is 273 g/mol. The number of hydrogen-bond donors (Lipinski definition) is 1. The maximum absolute atomic E-state index is 6.31. The molecule has 0 saturated carbocycles. The Morgan fingerprint density at radius 3 is 2.76 bits per heavy atom. The Morgan fingerprint density at radius 1 is 1.35 bits per heavy atom. The summed E-state index contributed by atoms with van der Waals surface area (Å²) in [5.41, 5.74) is 6.83. The van der Waals surface area contributed by atoms with E-state index < -0.39 is 0 Å². The maximum atomic E-state index is 6.31. The van der Waals surface area contributed by atoms with Crippen molar-refractivity contribution in [3.8, 4) is 0 Å². The highest BCUT2D eigenvalue weighted by Crippen LogP contribution is 2.39. The van der Waals surface area contributed by atoms with Crippen LogP contribution in [-0.2, 0) is 4.74 Å². The van der Waals surface area contributed by atoms with Crippen LogP contribution in [0.4, 0.5) is 0 Å². The molecule has 1 aromatic carbocycles. The van der Waals surface area contributed by atoms with Gasteiger partial charge in [0, 0.05) is 6.61 Å². The van der Waals surface area contributed by atoms with Gasteiger partial charge in [-0.1, -0.05) is 35.3 Å². The van der Waals surface area contributed by atoms with Crippen molar-refractivity contribution in [3.05, 3.63) is 33.8 Å². The van der Waals surface area contributed by atoms with Gasteiger partial charge in [0.25, 0.3) is 0 Å². The lowest BCUT2D eigenvalue weighted by Crippen LogP contribution is -2.43. The van der Waals surface area contributed by atoms with Crippen molar-refractivity contribution in [1.29, 1.82) is 0 Å². The van der Waals surface area contributed by atoms with Gasteiger partial charge in [-0.25, -0.2) is 0 Å². The molecule has 0 spiro atoms. The summed E-state index contributed by atoms with van der Waals surface area (Å²) in [6.07, 6.45) is 3.20. The minimum atomic E-state index is -0.341. The van der Waals surface area contributed by atoms with Gasteiger partial charge in [0.2, 0.25) is 0 Å². The Balaban J connectivity index is 2.29. The lowest BCUT2D eigenvalue weighted by Gasteiger charge is -2.39. The van der Waals surface area contributed by atoms with Crippen LogP contribution < -0.4 is 5.73 Å². The van der Waals surface area contributed by atoms with Crippen LogP contribution >= 0.6 is 23.2 Å². The summed E-state index contributed by atoms with van der Waals surface area (Å²) < 4.78 is 5.85. The lowest BCUT2D eigenvalue weighted by atomic mass is 9.85. The van der Waals surface area contributed by atoms with Crippen molar-refractivity contribution in [1.82, 2.24) is 0 Å². The first-order chi connectivity index (χ1) is 8.04. The minimum Gasteiger partial charge on any atom is -0.373 e. The van der Waals surface area contributed by atoms with Crippen LogP contribution in [0.1, 0.15) is 37.8 Å². The van der Waals surface area contributed by atoms with Gasteiger partial charge in [-0.05, 0) is 37.8 Å². The van der Waals surface area contributed by atoms with Crippen LogP contribution in [0.3, 0.4) is 0 Å². The van der Waals surface area contributed by atoms with Gasteiger partial charge in [0.05, 0.1) is 21.7 Å². The van der Waals surface area contributed by atoms with E-state index in [-0.39, 0.29) is 11.6 Å². The summed E-state index contributed by atoms with van der Waals surface area (Å²) in [6.45, 7) is 2.82. The second-order valence-corrected chi connectivity index (χ2v) is 5.52. The zero-order valence-corrected chi connectivity index (χ0v) is 11.4. The summed E-state index contributed by atoms with van der Waals surface area (Å²) in [5.74, 6) is 0. The molecule has 2 atom stereocenters. The molecule has 2 unspecified atom stereocenters. The summed E-state index contributed by atoms with van der Waals surface area (Å²) >= 11 is 12.2. The standard InChI is InChI=1S/C13H17Cl2NO/c1-13(7-2-3-8-17-13)12(16)9-5-4-6-10(14)11(9)15/h4-6,12H,2-3,7-8,16H2,1H3. The topological polar surface area (TPSA) is 35.2 Å². The van der Waals surface area contributed by atoms with Crippen molar-refractivity contribution >= 4 is 23.2 Å². The first kappa shape index (κ1) is 13.2. The molecule has 2 nitrogen and oxygen atoms in total. The average Bonchev–Trinajstić information content (AvgIpc) is 2.33. The Labute approximate surface area is 112 Å². The van der Waals surface area contributed by atoms with Gasteiger partial charge in [-0.3, -0.25) is 0 Å². The molecule has 0 aliphatic carbocycles. The van der Waals surface area contributed by atoms with Crippen molar-refractivity contribution in [2.45, 2.75) is 37.8 Å². The normalized spacial score (nSPS) is 26.8. The molecule has 17 heavy (non-hydrogen) atoms. The molecule has 1 aromatic rings. The van der Waals surface area contributed by atoms with Crippen LogP contribution in [0.15, 0.2) is 18.2 Å². The van der Waals surface area contributed by atoms with E-state index in [2.05, 4.69) is 0 Å². The number of rotatable bonds is 2. The lowest BCUT2D eigenvalue weighted by molar-refractivity contribution is -0.0820. The molecule has 1 saturated heterocycles. The van der Waals surface area contributed by atoms with E-state index in [9.17, 15) is 0 Å². The van der Waals surface area contributed by atoms with E-state index in [0.717, 1.165) is 31.4 Å². The molecule has 1 aliphatic heterocycles. The van der Waals surface area contributed by atoms with E-state index in [0.29, 0.717) is 10.0 Å². The largest absolute Gasteiger partial charge is 0.373 e. The van der Waals surface area contributed by atoms with Crippen LogP contribution in [0.5, 0.6) is 0 Å². The Bertz CT molecular complexity index is 402. The summed E-state index contributed by atoms with van der Waals surface area (Å²) in [4.78, 5) is 0. The molecular formula is C13H17Cl2NO. The van der Waals surface area contributed by atoms with Crippen LogP contribution in [0.2, 0.25) is 10.0 Å². The van der Waals surface area contributed by atoms with Crippen LogP contribution in [0.25, 0.3) is 0 Å². The number of hydrogen-bond acceptors (Lipinski definition) is 2. The van der Waals surface area contributed by atoms with Gasteiger partial charge in [0.1, 0.15) is 0 Å². The van der Waals surface area contributed by atoms with E-state index in [1.165, 1.54) is 0 Å². The highest BCUT2D eigenvalue weighted by atomic mass is 35.5. The van der Waals surface area contributed by atoms with E-state index in [1.54, 1.807) is 6.07 Å². The molecule has 1 fully saturated rings. The molecule has 2 rings (SSSR count). The number of nitrogens with two attached hydrogens (primary N) is 1. The summed E-state index contributed by atoms with van der Waals surface area (Å²) in [5, 5.41) is 1.08. The fourth-order valence-corrected chi connectivity index (χ4v) is 2.72. The molecular weight excluding hydrogens is 257 g/mol. The third-order valence-electron chi connectivity index (χ3n) is 3.47. The van der Waals surface area contributed by atoms with Gasteiger partial charge >= 0.3 is 0 Å². The van der Waals surface area contributed by atoms with E-state index >= 15 is 0 Å². The van der Waals surface area contributed by atoms with Crippen molar-refractivity contribution in [2.24, 2.45) is 5.73 Å². The van der Waals surface area contributed by atoms with Crippen LogP contribution in [0, 0.1) is 0 Å². The van der Waals surface area contributed by atoms with E-state index in [4.69, 9.17) is 33.7 Å². The van der Waals surface area contributed by atoms with Gasteiger partial charge in [-0.15, -0.1) is 0 Å². The molecule has 4 heteroatoms. The number of ether oxygens (including phenoxy) is 1. The molecule has 2 N–H and O–H groups in total. The SMILES string of the molecule is CC1(C(N)c2cccc(Cl)c2Cl)CCCCO1. The smallest absolute Gasteiger partial charge is 0.0846 e. The van der Waals surface area contributed by atoms with Gasteiger partial charge in [0.15, 0.2) is 0 Å². The first-order valence-electron chi connectivity index (χ1n) is 5.88. The molecule has 1 heterocycles. The second-order valence-electron chi connectivity index (χ2n) is 4.74. The predicted octanol–water partition coefficient (Wildman–Crippen LogP) is 3.95. The molecule has 0 radical (unpaired) electrons. The highest BCUT2D eigenvalue weighted by molar-refractivity contribution is 6.42. The number of halogens is 2. The highest BCUT2D eigenvalue weighted by Gasteiger charge is 2.36. The molecule has 0 bridgehead atoms. The molecule has 0 amide bonds. The zero-order chi connectivity index (χ0) is 12.5. The fourth-order valence-electron chi connectivity index (χ4n) is 2.29.